The van der Waals surface area contributed by atoms with E-state index in [9.17, 15) is 4.79 Å². The zero-order valence-electron chi connectivity index (χ0n) is 11.8. The third-order valence-electron chi connectivity index (χ3n) is 2.39. The fraction of sp³-hybridized carbons (Fsp3) is 0.308. The molecule has 0 aliphatic heterocycles. The molecule has 0 spiro atoms. The molecule has 0 atom stereocenters. The van der Waals surface area contributed by atoms with E-state index in [0.717, 1.165) is 11.3 Å². The summed E-state index contributed by atoms with van der Waals surface area (Å²) in [6.07, 6.45) is 0. The van der Waals surface area contributed by atoms with Crippen molar-refractivity contribution in [3.05, 3.63) is 23.2 Å². The van der Waals surface area contributed by atoms with E-state index in [-0.39, 0.29) is 16.8 Å². The summed E-state index contributed by atoms with van der Waals surface area (Å²) in [6, 6.07) is 5.07. The highest BCUT2D eigenvalue weighted by Gasteiger charge is 2.15. The van der Waals surface area contributed by atoms with Gasteiger partial charge in [0, 0.05) is 18.2 Å². The number of benzene rings is 1. The lowest BCUT2D eigenvalue weighted by atomic mass is 10.3. The number of rotatable bonds is 6. The van der Waals surface area contributed by atoms with Crippen LogP contribution in [-0.2, 0) is 4.74 Å². The van der Waals surface area contributed by atoms with Gasteiger partial charge >= 0.3 is 5.97 Å². The van der Waals surface area contributed by atoms with Gasteiger partial charge in [0.05, 0.1) is 20.8 Å². The Hall–Kier alpha value is -2.35. The van der Waals surface area contributed by atoms with Crippen molar-refractivity contribution in [3.63, 3.8) is 0 Å². The molecular weight excluding hydrogens is 296 g/mol. The molecule has 0 unspecified atom stereocenters. The van der Waals surface area contributed by atoms with Crippen LogP contribution >= 0.6 is 11.3 Å². The molecule has 1 aromatic heterocycles. The largest absolute Gasteiger partial charge is 0.496 e. The molecule has 0 saturated heterocycles. The molecule has 0 bridgehead atoms. The minimum absolute atomic E-state index is 0.140. The summed E-state index contributed by atoms with van der Waals surface area (Å²) in [5.41, 5.74) is 0. The molecule has 21 heavy (non-hydrogen) atoms. The van der Waals surface area contributed by atoms with Crippen LogP contribution in [0.1, 0.15) is 16.7 Å². The van der Waals surface area contributed by atoms with Crippen LogP contribution in [0.3, 0.4) is 0 Å². The molecule has 0 aliphatic rings. The van der Waals surface area contributed by atoms with Gasteiger partial charge in [-0.1, -0.05) is 5.10 Å². The number of carbonyl (C=O) groups is 1. The average molecular weight is 310 g/mol. The van der Waals surface area contributed by atoms with Crippen LogP contribution in [0.15, 0.2) is 18.2 Å². The van der Waals surface area contributed by atoms with Crippen molar-refractivity contribution in [1.29, 1.82) is 0 Å². The maximum atomic E-state index is 11.5. The molecule has 0 saturated carbocycles. The van der Waals surface area contributed by atoms with Gasteiger partial charge in [-0.2, -0.15) is 0 Å². The van der Waals surface area contributed by atoms with E-state index in [2.05, 4.69) is 10.2 Å². The Morgan fingerprint density at radius 2 is 1.71 bits per heavy atom. The van der Waals surface area contributed by atoms with Gasteiger partial charge in [-0.3, -0.25) is 0 Å². The molecule has 8 heteroatoms. The van der Waals surface area contributed by atoms with Gasteiger partial charge in [0.1, 0.15) is 17.2 Å². The molecule has 1 aromatic carbocycles. The molecule has 0 fully saturated rings. The van der Waals surface area contributed by atoms with Gasteiger partial charge < -0.3 is 18.9 Å². The molecule has 0 radical (unpaired) electrons. The second-order valence-corrected chi connectivity index (χ2v) is 4.68. The Balaban J connectivity index is 2.16. The Morgan fingerprint density at radius 3 is 2.29 bits per heavy atom. The van der Waals surface area contributed by atoms with Crippen LogP contribution in [0.4, 0.5) is 0 Å². The first-order chi connectivity index (χ1) is 10.2. The summed E-state index contributed by atoms with van der Waals surface area (Å²) in [4.78, 5) is 11.5. The maximum Gasteiger partial charge on any atom is 0.369 e. The zero-order chi connectivity index (χ0) is 15.2. The molecule has 2 rings (SSSR count). The monoisotopic (exact) mass is 310 g/mol. The van der Waals surface area contributed by atoms with Crippen molar-refractivity contribution in [2.45, 2.75) is 6.92 Å². The van der Waals surface area contributed by atoms with Crippen LogP contribution in [-0.4, -0.2) is 37.0 Å². The average Bonchev–Trinajstić information content (AvgIpc) is 2.95. The Labute approximate surface area is 125 Å². The van der Waals surface area contributed by atoms with E-state index < -0.39 is 5.97 Å². The number of nitrogens with zero attached hydrogens (tertiary/aromatic N) is 2. The van der Waals surface area contributed by atoms with E-state index in [4.69, 9.17) is 18.9 Å². The van der Waals surface area contributed by atoms with E-state index in [1.165, 1.54) is 0 Å². The molecule has 7 nitrogen and oxygen atoms in total. The predicted octanol–water partition coefficient (Wildman–Crippen LogP) is 2.52. The number of hydrogen-bond donors (Lipinski definition) is 0. The molecule has 0 aliphatic carbocycles. The maximum absolute atomic E-state index is 11.5. The molecule has 2 aromatic rings. The fourth-order valence-corrected chi connectivity index (χ4v) is 2.08. The predicted molar refractivity (Wildman–Crippen MR) is 75.5 cm³/mol. The van der Waals surface area contributed by atoms with Crippen LogP contribution in [0.5, 0.6) is 22.4 Å². The van der Waals surface area contributed by atoms with Gasteiger partial charge in [-0.25, -0.2) is 4.79 Å². The Kier molecular flexibility index (Phi) is 4.94. The normalized spacial score (nSPS) is 10.0. The summed E-state index contributed by atoms with van der Waals surface area (Å²) in [6.45, 7) is 2.00. The highest BCUT2D eigenvalue weighted by molar-refractivity contribution is 7.14. The summed E-state index contributed by atoms with van der Waals surface area (Å²) in [7, 11) is 3.09. The van der Waals surface area contributed by atoms with Crippen molar-refractivity contribution in [1.82, 2.24) is 10.2 Å². The summed E-state index contributed by atoms with van der Waals surface area (Å²) < 4.78 is 20.7. The first-order valence-corrected chi connectivity index (χ1v) is 6.89. The first kappa shape index (κ1) is 15.0. The van der Waals surface area contributed by atoms with E-state index in [1.807, 2.05) is 0 Å². The van der Waals surface area contributed by atoms with Gasteiger partial charge in [0.15, 0.2) is 0 Å². The van der Waals surface area contributed by atoms with E-state index >= 15 is 0 Å². The number of esters is 1. The third kappa shape index (κ3) is 3.82. The number of ether oxygens (including phenoxy) is 4. The van der Waals surface area contributed by atoms with Crippen LogP contribution in [0, 0.1) is 0 Å². The zero-order valence-corrected chi connectivity index (χ0v) is 12.6. The second-order valence-electron chi connectivity index (χ2n) is 3.74. The lowest BCUT2D eigenvalue weighted by Crippen LogP contribution is -2.03. The Morgan fingerprint density at radius 1 is 1.10 bits per heavy atom. The molecule has 0 N–H and O–H groups in total. The van der Waals surface area contributed by atoms with Crippen molar-refractivity contribution in [3.8, 4) is 22.4 Å². The number of hydrogen-bond acceptors (Lipinski definition) is 8. The lowest BCUT2D eigenvalue weighted by Gasteiger charge is -2.07. The molecule has 1 heterocycles. The third-order valence-corrected chi connectivity index (χ3v) is 3.17. The standard InChI is InChI=1S/C13H14N2O5S/c1-4-19-12(16)11-14-15-13(21-11)20-10-6-8(17-2)5-9(7-10)18-3/h5-7H,4H2,1-3H3. The van der Waals surface area contributed by atoms with Crippen LogP contribution in [0.2, 0.25) is 0 Å². The minimum Gasteiger partial charge on any atom is -0.496 e. The number of carbonyl (C=O) groups excluding carboxylic acids is 1. The molecule has 112 valence electrons. The van der Waals surface area contributed by atoms with Gasteiger partial charge in [0.25, 0.3) is 5.19 Å². The van der Waals surface area contributed by atoms with Crippen LogP contribution in [0.25, 0.3) is 0 Å². The van der Waals surface area contributed by atoms with Crippen LogP contribution < -0.4 is 14.2 Å². The second kappa shape index (κ2) is 6.89. The first-order valence-electron chi connectivity index (χ1n) is 6.07. The lowest BCUT2D eigenvalue weighted by molar-refractivity contribution is 0.0525. The minimum atomic E-state index is -0.520. The fourth-order valence-electron chi connectivity index (χ4n) is 1.47. The van der Waals surface area contributed by atoms with E-state index in [1.54, 1.807) is 39.3 Å². The number of aromatic nitrogens is 2. The number of methoxy groups -OCH3 is 2. The van der Waals surface area contributed by atoms with Crippen molar-refractivity contribution < 1.29 is 23.7 Å². The smallest absolute Gasteiger partial charge is 0.369 e. The van der Waals surface area contributed by atoms with Gasteiger partial charge in [-0.05, 0) is 18.3 Å². The highest BCUT2D eigenvalue weighted by atomic mass is 32.1. The quantitative estimate of drug-likeness (QED) is 0.758. The Bertz CT molecular complexity index is 607. The summed E-state index contributed by atoms with van der Waals surface area (Å²) in [5, 5.41) is 7.88. The van der Waals surface area contributed by atoms with Gasteiger partial charge in [-0.15, -0.1) is 5.10 Å². The highest BCUT2D eigenvalue weighted by Crippen LogP contribution is 2.32. The molecular formula is C13H14N2O5S. The molecule has 0 amide bonds. The van der Waals surface area contributed by atoms with Crippen molar-refractivity contribution >= 4 is 17.3 Å². The topological polar surface area (TPSA) is 79.8 Å². The van der Waals surface area contributed by atoms with Gasteiger partial charge in [0.2, 0.25) is 5.01 Å². The van der Waals surface area contributed by atoms with Crippen molar-refractivity contribution in [2.75, 3.05) is 20.8 Å². The summed E-state index contributed by atoms with van der Waals surface area (Å²) >= 11 is 1.00. The SMILES string of the molecule is CCOC(=O)c1nnc(Oc2cc(OC)cc(OC)c2)s1. The van der Waals surface area contributed by atoms with Crippen molar-refractivity contribution in [2.24, 2.45) is 0 Å². The van der Waals surface area contributed by atoms with E-state index in [0.29, 0.717) is 17.2 Å². The summed E-state index contributed by atoms with van der Waals surface area (Å²) in [5.74, 6) is 1.12.